The fourth-order valence-corrected chi connectivity index (χ4v) is 4.50. The standard InChI is InChI=1S/C26H33N3O6/c1-32-21-7-4-19(5-8-21)25(30)28-12-10-27(11-13-28)17-22-18-29(14-15-35-22)26(31)20-6-9-23(33-2)24(16-20)34-3/h4-9,16,22H,10-15,17-18H2,1-3H3/t22-/m0/s1. The molecule has 2 heterocycles. The first-order valence-corrected chi connectivity index (χ1v) is 11.8. The van der Waals surface area contributed by atoms with E-state index in [1.54, 1.807) is 63.8 Å². The number of methoxy groups -OCH3 is 3. The minimum atomic E-state index is -0.0725. The molecule has 0 saturated carbocycles. The van der Waals surface area contributed by atoms with Crippen molar-refractivity contribution >= 4 is 11.8 Å². The van der Waals surface area contributed by atoms with Gasteiger partial charge in [-0.1, -0.05) is 0 Å². The van der Waals surface area contributed by atoms with Gasteiger partial charge in [-0.15, -0.1) is 0 Å². The number of hydrogen-bond acceptors (Lipinski definition) is 7. The van der Waals surface area contributed by atoms with Crippen LogP contribution in [0.1, 0.15) is 20.7 Å². The number of amides is 2. The van der Waals surface area contributed by atoms with Gasteiger partial charge in [0.2, 0.25) is 0 Å². The molecule has 2 aromatic carbocycles. The minimum absolute atomic E-state index is 0.0351. The highest BCUT2D eigenvalue weighted by Gasteiger charge is 2.29. The second-order valence-electron chi connectivity index (χ2n) is 8.64. The summed E-state index contributed by atoms with van der Waals surface area (Å²) in [7, 11) is 4.74. The van der Waals surface area contributed by atoms with Crippen LogP contribution in [-0.2, 0) is 4.74 Å². The Balaban J connectivity index is 1.29. The summed E-state index contributed by atoms with van der Waals surface area (Å²) in [4.78, 5) is 31.9. The second kappa shape index (κ2) is 11.4. The van der Waals surface area contributed by atoms with Crippen molar-refractivity contribution in [2.45, 2.75) is 6.10 Å². The number of benzene rings is 2. The van der Waals surface area contributed by atoms with E-state index in [4.69, 9.17) is 18.9 Å². The zero-order valence-corrected chi connectivity index (χ0v) is 20.6. The first-order valence-electron chi connectivity index (χ1n) is 11.8. The molecule has 188 valence electrons. The Hall–Kier alpha value is -3.30. The number of hydrogen-bond donors (Lipinski definition) is 0. The maximum atomic E-state index is 13.1. The van der Waals surface area contributed by atoms with E-state index in [0.29, 0.717) is 55.4 Å². The van der Waals surface area contributed by atoms with Gasteiger partial charge < -0.3 is 28.7 Å². The van der Waals surface area contributed by atoms with Gasteiger partial charge in [-0.25, -0.2) is 0 Å². The van der Waals surface area contributed by atoms with Crippen molar-refractivity contribution in [2.75, 3.05) is 73.7 Å². The summed E-state index contributed by atoms with van der Waals surface area (Å²) in [5.41, 5.74) is 1.23. The van der Waals surface area contributed by atoms with Crippen LogP contribution in [0.4, 0.5) is 0 Å². The summed E-state index contributed by atoms with van der Waals surface area (Å²) in [5.74, 6) is 1.85. The summed E-state index contributed by atoms with van der Waals surface area (Å²) >= 11 is 0. The van der Waals surface area contributed by atoms with Crippen molar-refractivity contribution in [2.24, 2.45) is 0 Å². The van der Waals surface area contributed by atoms with Gasteiger partial charge in [-0.05, 0) is 42.5 Å². The third kappa shape index (κ3) is 5.86. The smallest absolute Gasteiger partial charge is 0.254 e. The van der Waals surface area contributed by atoms with Gasteiger partial charge in [0.25, 0.3) is 11.8 Å². The molecule has 0 unspecified atom stereocenters. The first kappa shape index (κ1) is 24.8. The Kier molecular flexibility index (Phi) is 8.09. The third-order valence-electron chi connectivity index (χ3n) is 6.51. The lowest BCUT2D eigenvalue weighted by Gasteiger charge is -2.39. The number of nitrogens with zero attached hydrogens (tertiary/aromatic N) is 3. The van der Waals surface area contributed by atoms with E-state index >= 15 is 0 Å². The molecule has 2 fully saturated rings. The van der Waals surface area contributed by atoms with Gasteiger partial charge in [-0.2, -0.15) is 0 Å². The summed E-state index contributed by atoms with van der Waals surface area (Å²) in [6.07, 6.45) is -0.0725. The maximum absolute atomic E-state index is 13.1. The lowest BCUT2D eigenvalue weighted by molar-refractivity contribution is -0.0400. The molecule has 0 N–H and O–H groups in total. The fraction of sp³-hybridized carbons (Fsp3) is 0.462. The molecule has 2 amide bonds. The second-order valence-corrected chi connectivity index (χ2v) is 8.64. The van der Waals surface area contributed by atoms with Crippen LogP contribution in [-0.4, -0.2) is 106 Å². The molecule has 0 spiro atoms. The molecular formula is C26H33N3O6. The number of carbonyl (C=O) groups is 2. The lowest BCUT2D eigenvalue weighted by Crippen LogP contribution is -2.54. The van der Waals surface area contributed by atoms with Gasteiger partial charge in [0.1, 0.15) is 5.75 Å². The van der Waals surface area contributed by atoms with Crippen LogP contribution in [0.5, 0.6) is 17.2 Å². The largest absolute Gasteiger partial charge is 0.497 e. The van der Waals surface area contributed by atoms with Crippen LogP contribution >= 0.6 is 0 Å². The van der Waals surface area contributed by atoms with Gasteiger partial charge in [0.15, 0.2) is 11.5 Å². The monoisotopic (exact) mass is 483 g/mol. The highest BCUT2D eigenvalue weighted by atomic mass is 16.5. The van der Waals surface area contributed by atoms with Crippen molar-refractivity contribution in [1.82, 2.24) is 14.7 Å². The van der Waals surface area contributed by atoms with E-state index in [1.807, 2.05) is 9.80 Å². The molecular weight excluding hydrogens is 450 g/mol. The molecule has 2 aliphatic heterocycles. The Morgan fingerprint density at radius 1 is 0.800 bits per heavy atom. The van der Waals surface area contributed by atoms with Crippen LogP contribution in [0, 0.1) is 0 Å². The first-order chi connectivity index (χ1) is 17.0. The van der Waals surface area contributed by atoms with E-state index in [0.717, 1.165) is 25.4 Å². The zero-order valence-electron chi connectivity index (χ0n) is 20.6. The predicted octanol–water partition coefficient (Wildman–Crippen LogP) is 2.01. The molecule has 9 nitrogen and oxygen atoms in total. The molecule has 2 saturated heterocycles. The minimum Gasteiger partial charge on any atom is -0.497 e. The van der Waals surface area contributed by atoms with Crippen LogP contribution in [0.25, 0.3) is 0 Å². The normalized spacial score (nSPS) is 18.8. The van der Waals surface area contributed by atoms with Crippen LogP contribution in [0.15, 0.2) is 42.5 Å². The summed E-state index contributed by atoms with van der Waals surface area (Å²) in [6, 6.07) is 12.4. The van der Waals surface area contributed by atoms with Crippen LogP contribution in [0.3, 0.4) is 0 Å². The van der Waals surface area contributed by atoms with Crippen molar-refractivity contribution in [1.29, 1.82) is 0 Å². The maximum Gasteiger partial charge on any atom is 0.254 e. The van der Waals surface area contributed by atoms with E-state index in [2.05, 4.69) is 4.90 Å². The highest BCUT2D eigenvalue weighted by molar-refractivity contribution is 5.95. The highest BCUT2D eigenvalue weighted by Crippen LogP contribution is 2.28. The van der Waals surface area contributed by atoms with Gasteiger partial charge >= 0.3 is 0 Å². The van der Waals surface area contributed by atoms with Crippen LogP contribution in [0.2, 0.25) is 0 Å². The number of morpholine rings is 1. The quantitative estimate of drug-likeness (QED) is 0.596. The number of ether oxygens (including phenoxy) is 4. The number of carbonyl (C=O) groups excluding carboxylic acids is 2. The molecule has 0 radical (unpaired) electrons. The molecule has 0 aliphatic carbocycles. The molecule has 0 aromatic heterocycles. The van der Waals surface area contributed by atoms with Crippen molar-refractivity contribution in [3.05, 3.63) is 53.6 Å². The van der Waals surface area contributed by atoms with Crippen molar-refractivity contribution in [3.63, 3.8) is 0 Å². The molecule has 35 heavy (non-hydrogen) atoms. The molecule has 0 bridgehead atoms. The molecule has 2 aromatic rings. The summed E-state index contributed by atoms with van der Waals surface area (Å²) in [5, 5.41) is 0. The number of piperazine rings is 1. The molecule has 1 atom stereocenters. The SMILES string of the molecule is COc1ccc(C(=O)N2CCN(C[C@H]3CN(C(=O)c4ccc(OC)c(OC)c4)CCO3)CC2)cc1. The average Bonchev–Trinajstić information content (AvgIpc) is 2.92. The third-order valence-corrected chi connectivity index (χ3v) is 6.51. The molecule has 2 aliphatic rings. The van der Waals surface area contributed by atoms with Gasteiger partial charge in [-0.3, -0.25) is 14.5 Å². The Morgan fingerprint density at radius 3 is 2.11 bits per heavy atom. The average molecular weight is 484 g/mol. The van der Waals surface area contributed by atoms with E-state index in [1.165, 1.54) is 0 Å². The van der Waals surface area contributed by atoms with Crippen molar-refractivity contribution < 1.29 is 28.5 Å². The lowest BCUT2D eigenvalue weighted by atomic mass is 10.1. The van der Waals surface area contributed by atoms with E-state index < -0.39 is 0 Å². The predicted molar refractivity (Wildman–Crippen MR) is 131 cm³/mol. The van der Waals surface area contributed by atoms with Gasteiger partial charge in [0.05, 0.1) is 34.0 Å². The van der Waals surface area contributed by atoms with E-state index in [9.17, 15) is 9.59 Å². The van der Waals surface area contributed by atoms with Crippen LogP contribution < -0.4 is 14.2 Å². The zero-order chi connectivity index (χ0) is 24.8. The molecule has 4 rings (SSSR count). The summed E-state index contributed by atoms with van der Waals surface area (Å²) in [6.45, 7) is 5.15. The Labute approximate surface area is 206 Å². The summed E-state index contributed by atoms with van der Waals surface area (Å²) < 4.78 is 21.7. The Bertz CT molecular complexity index is 1020. The van der Waals surface area contributed by atoms with Gasteiger partial charge in [0, 0.05) is 56.9 Å². The van der Waals surface area contributed by atoms with E-state index in [-0.39, 0.29) is 17.9 Å². The fourth-order valence-electron chi connectivity index (χ4n) is 4.50. The number of rotatable bonds is 7. The molecule has 9 heteroatoms. The van der Waals surface area contributed by atoms with Crippen molar-refractivity contribution in [3.8, 4) is 17.2 Å². The topological polar surface area (TPSA) is 80.8 Å². The Morgan fingerprint density at radius 2 is 1.46 bits per heavy atom.